The number of rotatable bonds is 3. The van der Waals surface area contributed by atoms with E-state index < -0.39 is 0 Å². The summed E-state index contributed by atoms with van der Waals surface area (Å²) in [5.74, 6) is 1.41. The van der Waals surface area contributed by atoms with Crippen LogP contribution in [0.15, 0.2) is 47.2 Å². The van der Waals surface area contributed by atoms with Gasteiger partial charge in [0.25, 0.3) is 0 Å². The van der Waals surface area contributed by atoms with Crippen LogP contribution in [-0.4, -0.2) is 23.8 Å². The van der Waals surface area contributed by atoms with E-state index in [0.29, 0.717) is 11.5 Å². The highest BCUT2D eigenvalue weighted by Crippen LogP contribution is 2.30. The van der Waals surface area contributed by atoms with Gasteiger partial charge in [-0.15, -0.1) is 0 Å². The molecular weight excluding hydrogens is 320 g/mol. The minimum absolute atomic E-state index is 0.696. The van der Waals surface area contributed by atoms with Gasteiger partial charge in [0.2, 0.25) is 0 Å². The van der Waals surface area contributed by atoms with Crippen LogP contribution in [0.1, 0.15) is 0 Å². The first-order valence-corrected chi connectivity index (χ1v) is 6.87. The third kappa shape index (κ3) is 2.14. The summed E-state index contributed by atoms with van der Waals surface area (Å²) in [5, 5.41) is 0. The lowest BCUT2D eigenvalue weighted by Gasteiger charge is -2.10. The van der Waals surface area contributed by atoms with E-state index in [4.69, 9.17) is 9.47 Å². The van der Waals surface area contributed by atoms with E-state index >= 15 is 0 Å². The van der Waals surface area contributed by atoms with Crippen LogP contribution in [0.4, 0.5) is 0 Å². The van der Waals surface area contributed by atoms with E-state index in [-0.39, 0.29) is 0 Å². The molecule has 0 saturated carbocycles. The Labute approximate surface area is 125 Å². The highest BCUT2D eigenvalue weighted by Gasteiger charge is 2.09. The number of imidazole rings is 1. The Kier molecular flexibility index (Phi) is 3.36. The molecule has 1 heterocycles. The van der Waals surface area contributed by atoms with Crippen LogP contribution in [0, 0.1) is 0 Å². The van der Waals surface area contributed by atoms with Crippen LogP contribution in [-0.2, 0) is 0 Å². The average molecular weight is 333 g/mol. The summed E-state index contributed by atoms with van der Waals surface area (Å²) in [5.41, 5.74) is 2.96. The lowest BCUT2D eigenvalue weighted by Crippen LogP contribution is -1.95. The van der Waals surface area contributed by atoms with Crippen LogP contribution in [0.2, 0.25) is 0 Å². The molecule has 1 aromatic heterocycles. The van der Waals surface area contributed by atoms with Crippen molar-refractivity contribution in [1.29, 1.82) is 0 Å². The number of aromatic nitrogens is 2. The third-order valence-electron chi connectivity index (χ3n) is 3.15. The molecule has 4 nitrogen and oxygen atoms in total. The SMILES string of the molecule is COc1ccc(-n2cnc3ccc(Br)cc32)cc1OC. The van der Waals surface area contributed by atoms with Crippen molar-refractivity contribution in [1.82, 2.24) is 9.55 Å². The fraction of sp³-hybridized carbons (Fsp3) is 0.133. The van der Waals surface area contributed by atoms with Gasteiger partial charge in [0.05, 0.1) is 30.9 Å². The Bertz CT molecular complexity index is 768. The van der Waals surface area contributed by atoms with Crippen molar-refractivity contribution in [2.75, 3.05) is 14.2 Å². The first kappa shape index (κ1) is 13.0. The second-order valence-electron chi connectivity index (χ2n) is 4.29. The smallest absolute Gasteiger partial charge is 0.162 e. The second kappa shape index (κ2) is 5.17. The van der Waals surface area contributed by atoms with Crippen LogP contribution in [0.25, 0.3) is 16.7 Å². The van der Waals surface area contributed by atoms with Gasteiger partial charge in [0.15, 0.2) is 11.5 Å². The first-order chi connectivity index (χ1) is 9.72. The summed E-state index contributed by atoms with van der Waals surface area (Å²) in [6.45, 7) is 0. The second-order valence-corrected chi connectivity index (χ2v) is 5.20. The molecular formula is C15H13BrN2O2. The fourth-order valence-electron chi connectivity index (χ4n) is 2.16. The van der Waals surface area contributed by atoms with Gasteiger partial charge in [-0.05, 0) is 30.3 Å². The van der Waals surface area contributed by atoms with Crippen molar-refractivity contribution in [3.63, 3.8) is 0 Å². The van der Waals surface area contributed by atoms with Crippen LogP contribution >= 0.6 is 15.9 Å². The number of hydrogen-bond donors (Lipinski definition) is 0. The standard InChI is InChI=1S/C15H13BrN2O2/c1-19-14-6-4-11(8-15(14)20-2)18-9-17-12-5-3-10(16)7-13(12)18/h3-9H,1-2H3. The maximum absolute atomic E-state index is 5.34. The Morgan fingerprint density at radius 2 is 1.80 bits per heavy atom. The molecule has 0 radical (unpaired) electrons. The molecule has 3 aromatic rings. The number of methoxy groups -OCH3 is 2. The Balaban J connectivity index is 2.18. The molecule has 0 unspecified atom stereocenters. The van der Waals surface area contributed by atoms with Gasteiger partial charge in [-0.2, -0.15) is 0 Å². The maximum Gasteiger partial charge on any atom is 0.162 e. The Morgan fingerprint density at radius 1 is 1.00 bits per heavy atom. The number of benzene rings is 2. The van der Waals surface area contributed by atoms with E-state index in [1.54, 1.807) is 20.5 Å². The molecule has 0 aliphatic heterocycles. The van der Waals surface area contributed by atoms with Crippen molar-refractivity contribution in [2.24, 2.45) is 0 Å². The van der Waals surface area contributed by atoms with Crippen molar-refractivity contribution >= 4 is 27.0 Å². The third-order valence-corrected chi connectivity index (χ3v) is 3.65. The topological polar surface area (TPSA) is 36.3 Å². The van der Waals surface area contributed by atoms with Crippen molar-refractivity contribution in [2.45, 2.75) is 0 Å². The highest BCUT2D eigenvalue weighted by atomic mass is 79.9. The molecule has 0 atom stereocenters. The largest absolute Gasteiger partial charge is 0.493 e. The van der Waals surface area contributed by atoms with Crippen molar-refractivity contribution < 1.29 is 9.47 Å². The lowest BCUT2D eigenvalue weighted by molar-refractivity contribution is 0.355. The van der Waals surface area contributed by atoms with E-state index in [1.807, 2.05) is 41.0 Å². The summed E-state index contributed by atoms with van der Waals surface area (Å²) < 4.78 is 13.6. The fourth-order valence-corrected chi connectivity index (χ4v) is 2.51. The van der Waals surface area contributed by atoms with Gasteiger partial charge in [-0.25, -0.2) is 4.98 Å². The van der Waals surface area contributed by atoms with Gasteiger partial charge < -0.3 is 9.47 Å². The molecule has 0 fully saturated rings. The summed E-state index contributed by atoms with van der Waals surface area (Å²) in [6, 6.07) is 11.8. The molecule has 0 aliphatic rings. The van der Waals surface area contributed by atoms with E-state index in [9.17, 15) is 0 Å². The molecule has 0 amide bonds. The number of hydrogen-bond acceptors (Lipinski definition) is 3. The van der Waals surface area contributed by atoms with Gasteiger partial charge in [0.1, 0.15) is 6.33 Å². The van der Waals surface area contributed by atoms with Gasteiger partial charge >= 0.3 is 0 Å². The molecule has 0 spiro atoms. The molecule has 5 heteroatoms. The number of fused-ring (bicyclic) bond motifs is 1. The molecule has 20 heavy (non-hydrogen) atoms. The lowest BCUT2D eigenvalue weighted by atomic mass is 10.2. The zero-order chi connectivity index (χ0) is 14.1. The number of ether oxygens (including phenoxy) is 2. The van der Waals surface area contributed by atoms with E-state index in [1.165, 1.54) is 0 Å². The molecule has 0 saturated heterocycles. The number of nitrogens with zero attached hydrogens (tertiary/aromatic N) is 2. The minimum atomic E-state index is 0.696. The molecule has 0 aliphatic carbocycles. The predicted octanol–water partition coefficient (Wildman–Crippen LogP) is 3.81. The summed E-state index contributed by atoms with van der Waals surface area (Å²) >= 11 is 3.49. The molecule has 2 aromatic carbocycles. The van der Waals surface area contributed by atoms with Crippen LogP contribution in [0.3, 0.4) is 0 Å². The Hall–Kier alpha value is -2.01. The normalized spacial score (nSPS) is 10.8. The zero-order valence-electron chi connectivity index (χ0n) is 11.1. The predicted molar refractivity (Wildman–Crippen MR) is 81.9 cm³/mol. The molecule has 102 valence electrons. The average Bonchev–Trinajstić information content (AvgIpc) is 2.89. The molecule has 0 N–H and O–H groups in total. The van der Waals surface area contributed by atoms with Gasteiger partial charge in [-0.1, -0.05) is 15.9 Å². The molecule has 0 bridgehead atoms. The van der Waals surface area contributed by atoms with Crippen LogP contribution in [0.5, 0.6) is 11.5 Å². The van der Waals surface area contributed by atoms with Crippen molar-refractivity contribution in [3.8, 4) is 17.2 Å². The van der Waals surface area contributed by atoms with Gasteiger partial charge in [0, 0.05) is 10.5 Å². The minimum Gasteiger partial charge on any atom is -0.493 e. The zero-order valence-corrected chi connectivity index (χ0v) is 12.7. The van der Waals surface area contributed by atoms with Crippen LogP contribution < -0.4 is 9.47 Å². The van der Waals surface area contributed by atoms with E-state index in [0.717, 1.165) is 21.2 Å². The highest BCUT2D eigenvalue weighted by molar-refractivity contribution is 9.10. The summed E-state index contributed by atoms with van der Waals surface area (Å²) in [6.07, 6.45) is 1.80. The van der Waals surface area contributed by atoms with E-state index in [2.05, 4.69) is 20.9 Å². The quantitative estimate of drug-likeness (QED) is 0.731. The summed E-state index contributed by atoms with van der Waals surface area (Å²) in [7, 11) is 3.26. The monoisotopic (exact) mass is 332 g/mol. The Morgan fingerprint density at radius 3 is 2.55 bits per heavy atom. The number of halogens is 1. The summed E-state index contributed by atoms with van der Waals surface area (Å²) in [4.78, 5) is 4.40. The first-order valence-electron chi connectivity index (χ1n) is 6.08. The van der Waals surface area contributed by atoms with Crippen molar-refractivity contribution in [3.05, 3.63) is 47.2 Å². The maximum atomic E-state index is 5.34. The van der Waals surface area contributed by atoms with Gasteiger partial charge in [-0.3, -0.25) is 4.57 Å². The molecule has 3 rings (SSSR count).